The molecule has 0 saturated heterocycles. The van der Waals surface area contributed by atoms with E-state index in [-0.39, 0.29) is 18.4 Å². The number of anilines is 2. The summed E-state index contributed by atoms with van der Waals surface area (Å²) in [5, 5.41) is 5.55. The number of rotatable bonds is 4. The minimum Gasteiger partial charge on any atom is -0.482 e. The summed E-state index contributed by atoms with van der Waals surface area (Å²) < 4.78 is 5.29. The van der Waals surface area contributed by atoms with Gasteiger partial charge in [0, 0.05) is 10.6 Å². The van der Waals surface area contributed by atoms with Gasteiger partial charge in [-0.2, -0.15) is 0 Å². The summed E-state index contributed by atoms with van der Waals surface area (Å²) in [7, 11) is 0. The number of fused-ring (bicyclic) bond motifs is 1. The first-order chi connectivity index (χ1) is 11.1. The van der Waals surface area contributed by atoms with Gasteiger partial charge >= 0.3 is 0 Å². The second-order valence-electron chi connectivity index (χ2n) is 5.15. The highest BCUT2D eigenvalue weighted by Gasteiger charge is 2.16. The molecule has 1 aliphatic heterocycles. The van der Waals surface area contributed by atoms with Gasteiger partial charge in [0.15, 0.2) is 6.61 Å². The summed E-state index contributed by atoms with van der Waals surface area (Å²) in [4.78, 5) is 24.5. The molecule has 5 nitrogen and oxygen atoms in total. The van der Waals surface area contributed by atoms with Crippen LogP contribution in [0.25, 0.3) is 0 Å². The molecule has 2 aromatic carbocycles. The zero-order valence-electron chi connectivity index (χ0n) is 12.6. The van der Waals surface area contributed by atoms with E-state index in [1.165, 1.54) is 11.8 Å². The van der Waals surface area contributed by atoms with Gasteiger partial charge in [-0.1, -0.05) is 18.2 Å². The number of ether oxygens (including phenoxy) is 1. The predicted octanol–water partition coefficient (Wildman–Crippen LogP) is 3.06. The maximum Gasteiger partial charge on any atom is 0.262 e. The zero-order chi connectivity index (χ0) is 16.2. The lowest BCUT2D eigenvalue weighted by atomic mass is 10.2. The molecular weight excluding hydrogens is 312 g/mol. The van der Waals surface area contributed by atoms with Crippen LogP contribution in [-0.4, -0.2) is 24.2 Å². The van der Waals surface area contributed by atoms with Gasteiger partial charge in [0.2, 0.25) is 5.91 Å². The second kappa shape index (κ2) is 6.75. The molecule has 3 rings (SSSR count). The Morgan fingerprint density at radius 2 is 2.13 bits per heavy atom. The molecule has 0 atom stereocenters. The summed E-state index contributed by atoms with van der Waals surface area (Å²) >= 11 is 1.50. The highest BCUT2D eigenvalue weighted by molar-refractivity contribution is 8.00. The molecule has 2 amide bonds. The van der Waals surface area contributed by atoms with Gasteiger partial charge in [-0.15, -0.1) is 11.8 Å². The molecule has 0 spiro atoms. The Balaban J connectivity index is 1.61. The number of benzene rings is 2. The monoisotopic (exact) mass is 328 g/mol. The van der Waals surface area contributed by atoms with Crippen molar-refractivity contribution in [3.63, 3.8) is 0 Å². The number of nitrogens with one attached hydrogen (secondary N) is 2. The fourth-order valence-electron chi connectivity index (χ4n) is 2.22. The average molecular weight is 328 g/mol. The fourth-order valence-corrected chi connectivity index (χ4v) is 3.05. The van der Waals surface area contributed by atoms with Crippen LogP contribution < -0.4 is 15.4 Å². The van der Waals surface area contributed by atoms with Crippen LogP contribution in [0.3, 0.4) is 0 Å². The first-order valence-electron chi connectivity index (χ1n) is 7.17. The van der Waals surface area contributed by atoms with Crippen LogP contribution in [0.5, 0.6) is 5.75 Å². The van der Waals surface area contributed by atoms with Crippen molar-refractivity contribution >= 4 is 35.0 Å². The number of thioether (sulfide) groups is 1. The number of amides is 2. The topological polar surface area (TPSA) is 67.4 Å². The van der Waals surface area contributed by atoms with Crippen LogP contribution in [0.4, 0.5) is 11.4 Å². The van der Waals surface area contributed by atoms with Gasteiger partial charge in [-0.3, -0.25) is 9.59 Å². The summed E-state index contributed by atoms with van der Waals surface area (Å²) in [5.74, 6) is 0.638. The third-order valence-corrected chi connectivity index (χ3v) is 4.52. The van der Waals surface area contributed by atoms with Crippen molar-refractivity contribution in [2.24, 2.45) is 0 Å². The van der Waals surface area contributed by atoms with E-state index in [2.05, 4.69) is 10.6 Å². The van der Waals surface area contributed by atoms with Crippen LogP contribution >= 0.6 is 11.8 Å². The van der Waals surface area contributed by atoms with E-state index in [1.807, 2.05) is 31.2 Å². The van der Waals surface area contributed by atoms with Gasteiger partial charge in [-0.05, 0) is 36.8 Å². The molecule has 0 saturated carbocycles. The van der Waals surface area contributed by atoms with Gasteiger partial charge in [0.1, 0.15) is 5.75 Å². The van der Waals surface area contributed by atoms with Gasteiger partial charge in [-0.25, -0.2) is 0 Å². The van der Waals surface area contributed by atoms with Crippen LogP contribution in [0.1, 0.15) is 5.56 Å². The first-order valence-corrected chi connectivity index (χ1v) is 8.15. The number of hydrogen-bond acceptors (Lipinski definition) is 4. The van der Waals surface area contributed by atoms with Gasteiger partial charge in [0.05, 0.1) is 11.4 Å². The van der Waals surface area contributed by atoms with Crippen LogP contribution in [0, 0.1) is 6.92 Å². The summed E-state index contributed by atoms with van der Waals surface area (Å²) in [6, 6.07) is 13.1. The van der Waals surface area contributed by atoms with Crippen molar-refractivity contribution in [1.82, 2.24) is 0 Å². The molecule has 23 heavy (non-hydrogen) atoms. The molecule has 0 aliphatic carbocycles. The smallest absolute Gasteiger partial charge is 0.262 e. The van der Waals surface area contributed by atoms with E-state index in [4.69, 9.17) is 4.74 Å². The lowest BCUT2D eigenvalue weighted by Gasteiger charge is -2.18. The Labute approximate surface area is 138 Å². The second-order valence-corrected chi connectivity index (χ2v) is 6.17. The molecule has 1 aliphatic rings. The molecular formula is C17H16N2O3S. The molecule has 0 radical (unpaired) electrons. The highest BCUT2D eigenvalue weighted by Crippen LogP contribution is 2.30. The summed E-state index contributed by atoms with van der Waals surface area (Å²) in [5.41, 5.74) is 2.36. The normalized spacial score (nSPS) is 12.8. The largest absolute Gasteiger partial charge is 0.482 e. The molecule has 0 unspecified atom stereocenters. The van der Waals surface area contributed by atoms with Crippen molar-refractivity contribution in [2.75, 3.05) is 23.0 Å². The van der Waals surface area contributed by atoms with E-state index in [0.29, 0.717) is 22.9 Å². The number of hydrogen-bond donors (Lipinski definition) is 2. The number of aryl methyl sites for hydroxylation is 1. The minimum absolute atomic E-state index is 0.0196. The lowest BCUT2D eigenvalue weighted by molar-refractivity contribution is -0.118. The van der Waals surface area contributed by atoms with Crippen LogP contribution in [-0.2, 0) is 9.59 Å². The molecule has 0 aromatic heterocycles. The van der Waals surface area contributed by atoms with E-state index >= 15 is 0 Å². The number of carbonyl (C=O) groups excluding carboxylic acids is 2. The molecule has 0 bridgehead atoms. The molecule has 2 N–H and O–H groups in total. The Kier molecular flexibility index (Phi) is 4.52. The quantitative estimate of drug-likeness (QED) is 0.847. The molecule has 2 aromatic rings. The summed E-state index contributed by atoms with van der Waals surface area (Å²) in [6.45, 7) is 2.04. The minimum atomic E-state index is -0.198. The van der Waals surface area contributed by atoms with E-state index in [9.17, 15) is 9.59 Å². The van der Waals surface area contributed by atoms with Crippen molar-refractivity contribution in [2.45, 2.75) is 11.8 Å². The van der Waals surface area contributed by atoms with E-state index in [1.54, 1.807) is 18.2 Å². The standard InChI is InChI=1S/C17H16N2O3S/c1-11-4-2-3-5-15(11)23-10-17(21)18-12-6-7-14-13(8-12)19-16(20)9-22-14/h2-8H,9-10H2,1H3,(H,18,21)(H,19,20). The van der Waals surface area contributed by atoms with Gasteiger partial charge in [0.25, 0.3) is 5.91 Å². The lowest BCUT2D eigenvalue weighted by Crippen LogP contribution is -2.25. The third kappa shape index (κ3) is 3.84. The van der Waals surface area contributed by atoms with Crippen LogP contribution in [0.2, 0.25) is 0 Å². The maximum atomic E-state index is 12.1. The predicted molar refractivity (Wildman–Crippen MR) is 91.1 cm³/mol. The molecule has 0 fully saturated rings. The number of carbonyl (C=O) groups is 2. The zero-order valence-corrected chi connectivity index (χ0v) is 13.4. The highest BCUT2D eigenvalue weighted by atomic mass is 32.2. The average Bonchev–Trinajstić information content (AvgIpc) is 2.54. The summed E-state index contributed by atoms with van der Waals surface area (Å²) in [6.07, 6.45) is 0. The Hall–Kier alpha value is -2.47. The fraction of sp³-hybridized carbons (Fsp3) is 0.176. The van der Waals surface area contributed by atoms with Crippen LogP contribution in [0.15, 0.2) is 47.4 Å². The van der Waals surface area contributed by atoms with E-state index < -0.39 is 0 Å². The van der Waals surface area contributed by atoms with Crippen molar-refractivity contribution in [1.29, 1.82) is 0 Å². The van der Waals surface area contributed by atoms with Crippen molar-refractivity contribution < 1.29 is 14.3 Å². The van der Waals surface area contributed by atoms with Gasteiger partial charge < -0.3 is 15.4 Å². The molecule has 6 heteroatoms. The first kappa shape index (κ1) is 15.4. The Morgan fingerprint density at radius 1 is 1.30 bits per heavy atom. The SMILES string of the molecule is Cc1ccccc1SCC(=O)Nc1ccc2c(c1)NC(=O)CO2. The van der Waals surface area contributed by atoms with Crippen molar-refractivity contribution in [3.8, 4) is 5.75 Å². The Morgan fingerprint density at radius 3 is 2.96 bits per heavy atom. The van der Waals surface area contributed by atoms with E-state index in [0.717, 1.165) is 10.5 Å². The maximum absolute atomic E-state index is 12.1. The van der Waals surface area contributed by atoms with Crippen molar-refractivity contribution in [3.05, 3.63) is 48.0 Å². The third-order valence-electron chi connectivity index (χ3n) is 3.35. The Bertz CT molecular complexity index is 761. The molecule has 118 valence electrons. The molecule has 1 heterocycles.